The van der Waals surface area contributed by atoms with E-state index in [0.29, 0.717) is 10.7 Å². The fraction of sp³-hybridized carbons (Fsp3) is 0.167. The fourth-order valence-electron chi connectivity index (χ4n) is 4.27. The number of para-hydroxylation sites is 1. The molecule has 2 fully saturated rings. The number of carbonyl (C=O) groups is 2. The summed E-state index contributed by atoms with van der Waals surface area (Å²) in [6.07, 6.45) is -0.903. The number of hydrogen-bond acceptors (Lipinski definition) is 4. The molecule has 0 bridgehead atoms. The van der Waals surface area contributed by atoms with Gasteiger partial charge < -0.3 is 0 Å². The Labute approximate surface area is 179 Å². The van der Waals surface area contributed by atoms with Crippen LogP contribution in [0.4, 0.5) is 11.4 Å². The molecule has 3 aromatic rings. The Kier molecular flexibility index (Phi) is 4.57. The van der Waals surface area contributed by atoms with E-state index in [9.17, 15) is 9.59 Å². The number of nitrogens with zero attached hydrogens (tertiary/aromatic N) is 2. The Morgan fingerprint density at radius 2 is 1.53 bits per heavy atom. The van der Waals surface area contributed by atoms with Gasteiger partial charge in [-0.3, -0.25) is 14.4 Å². The van der Waals surface area contributed by atoms with Gasteiger partial charge in [0.1, 0.15) is 5.92 Å². The van der Waals surface area contributed by atoms with Gasteiger partial charge in [0.05, 0.1) is 17.4 Å². The van der Waals surface area contributed by atoms with Crippen LogP contribution in [0.25, 0.3) is 0 Å². The Morgan fingerprint density at radius 1 is 0.833 bits per heavy atom. The van der Waals surface area contributed by atoms with Crippen molar-refractivity contribution in [3.8, 4) is 0 Å². The molecule has 5 rings (SSSR count). The van der Waals surface area contributed by atoms with Crippen LogP contribution in [-0.2, 0) is 14.4 Å². The minimum absolute atomic E-state index is 0.279. The summed E-state index contributed by atoms with van der Waals surface area (Å²) in [5.41, 5.74) is 3.05. The predicted octanol–water partition coefficient (Wildman–Crippen LogP) is 4.70. The summed E-state index contributed by atoms with van der Waals surface area (Å²) < 4.78 is 0. The summed E-state index contributed by atoms with van der Waals surface area (Å²) in [6.45, 7) is 1.93. The van der Waals surface area contributed by atoms with E-state index in [1.165, 1.54) is 4.90 Å². The lowest BCUT2D eigenvalue weighted by molar-refractivity contribution is -0.126. The van der Waals surface area contributed by atoms with Gasteiger partial charge in [-0.05, 0) is 48.4 Å². The van der Waals surface area contributed by atoms with Gasteiger partial charge in [0.25, 0.3) is 5.91 Å². The predicted molar refractivity (Wildman–Crippen MR) is 115 cm³/mol. The van der Waals surface area contributed by atoms with E-state index in [0.717, 1.165) is 16.8 Å². The molecule has 0 saturated carbocycles. The second kappa shape index (κ2) is 7.27. The third-order valence-corrected chi connectivity index (χ3v) is 5.95. The maximum absolute atomic E-state index is 13.5. The third-order valence-electron chi connectivity index (χ3n) is 5.61. The quantitative estimate of drug-likeness (QED) is 0.578. The first-order chi connectivity index (χ1) is 14.6. The molecule has 0 aromatic heterocycles. The van der Waals surface area contributed by atoms with Gasteiger partial charge >= 0.3 is 0 Å². The molecule has 5 nitrogen and oxygen atoms in total. The maximum atomic E-state index is 13.5. The minimum atomic E-state index is -0.903. The van der Waals surface area contributed by atoms with Gasteiger partial charge in [-0.2, -0.15) is 0 Å². The van der Waals surface area contributed by atoms with Crippen molar-refractivity contribution in [1.82, 2.24) is 0 Å². The molecule has 0 N–H and O–H groups in total. The molecule has 150 valence electrons. The maximum Gasteiger partial charge on any atom is 0.266 e. The highest BCUT2D eigenvalue weighted by Crippen LogP contribution is 2.48. The van der Waals surface area contributed by atoms with E-state index in [1.807, 2.05) is 73.7 Å². The third kappa shape index (κ3) is 2.90. The summed E-state index contributed by atoms with van der Waals surface area (Å²) in [5.74, 6) is -1.33. The number of imide groups is 1. The van der Waals surface area contributed by atoms with Crippen LogP contribution >= 0.6 is 11.6 Å². The van der Waals surface area contributed by atoms with Crippen molar-refractivity contribution >= 4 is 34.8 Å². The van der Waals surface area contributed by atoms with Crippen molar-refractivity contribution in [1.29, 1.82) is 0 Å². The van der Waals surface area contributed by atoms with Gasteiger partial charge in [-0.25, -0.2) is 9.96 Å². The van der Waals surface area contributed by atoms with Crippen LogP contribution in [0.3, 0.4) is 0 Å². The molecule has 3 unspecified atom stereocenters. The number of anilines is 2. The van der Waals surface area contributed by atoms with Crippen LogP contribution in [0.2, 0.25) is 5.02 Å². The van der Waals surface area contributed by atoms with Crippen molar-refractivity contribution in [2.75, 3.05) is 9.96 Å². The molecule has 0 radical (unpaired) electrons. The number of hydroxylamine groups is 1. The van der Waals surface area contributed by atoms with Crippen LogP contribution in [-0.4, -0.2) is 17.9 Å². The van der Waals surface area contributed by atoms with E-state index < -0.39 is 18.1 Å². The summed E-state index contributed by atoms with van der Waals surface area (Å²) in [5, 5.41) is 2.18. The molecule has 2 saturated heterocycles. The van der Waals surface area contributed by atoms with Gasteiger partial charge in [-0.1, -0.05) is 60.1 Å². The first-order valence-electron chi connectivity index (χ1n) is 9.76. The molecular weight excluding hydrogens is 400 g/mol. The van der Waals surface area contributed by atoms with Gasteiger partial charge in [0.2, 0.25) is 5.91 Å². The van der Waals surface area contributed by atoms with Crippen LogP contribution in [0.5, 0.6) is 0 Å². The summed E-state index contributed by atoms with van der Waals surface area (Å²) in [4.78, 5) is 34.2. The first kappa shape index (κ1) is 18.9. The van der Waals surface area contributed by atoms with Crippen molar-refractivity contribution in [3.63, 3.8) is 0 Å². The minimum Gasteiger partial charge on any atom is -0.273 e. The molecule has 0 aliphatic carbocycles. The zero-order valence-electron chi connectivity index (χ0n) is 16.2. The lowest BCUT2D eigenvalue weighted by Gasteiger charge is -2.29. The van der Waals surface area contributed by atoms with E-state index in [1.54, 1.807) is 17.2 Å². The molecule has 2 aliphatic rings. The molecule has 2 aliphatic heterocycles. The number of rotatable bonds is 3. The smallest absolute Gasteiger partial charge is 0.266 e. The average Bonchev–Trinajstić information content (AvgIpc) is 3.25. The molecule has 6 heteroatoms. The molecule has 3 atom stereocenters. The first-order valence-corrected chi connectivity index (χ1v) is 10.1. The van der Waals surface area contributed by atoms with Crippen LogP contribution in [0, 0.1) is 12.8 Å². The Balaban J connectivity index is 1.61. The Hall–Kier alpha value is -3.15. The topological polar surface area (TPSA) is 49.9 Å². The highest BCUT2D eigenvalue weighted by molar-refractivity contribution is 6.31. The van der Waals surface area contributed by atoms with E-state index in [2.05, 4.69) is 0 Å². The lowest BCUT2D eigenvalue weighted by Crippen LogP contribution is -2.37. The number of amides is 2. The summed E-state index contributed by atoms with van der Waals surface area (Å²) >= 11 is 6.51. The Morgan fingerprint density at radius 3 is 2.27 bits per heavy atom. The molecule has 2 heterocycles. The monoisotopic (exact) mass is 418 g/mol. The number of halogens is 1. The standard InChI is InChI=1S/C24H19ClN2O3/c1-15-8-7-11-17(14-15)26-23(28)20-21(18-12-5-6-13-19(18)25)27(30-22(20)24(26)29)16-9-3-2-4-10-16/h2-14,20-22H,1H3. The Bertz CT molecular complexity index is 1130. The molecule has 2 amide bonds. The highest BCUT2D eigenvalue weighted by Gasteiger charge is 2.60. The van der Waals surface area contributed by atoms with E-state index >= 15 is 0 Å². The summed E-state index contributed by atoms with van der Waals surface area (Å²) in [6, 6.07) is 23.7. The average molecular weight is 419 g/mol. The SMILES string of the molecule is Cc1cccc(N2C(=O)C3ON(c4ccccc4)C(c4ccccc4Cl)C3C2=O)c1. The number of carbonyl (C=O) groups excluding carboxylic acids is 2. The number of hydrogen-bond donors (Lipinski definition) is 0. The molecule has 0 spiro atoms. The molecule has 30 heavy (non-hydrogen) atoms. The van der Waals surface area contributed by atoms with Crippen molar-refractivity contribution in [3.05, 3.63) is 95.0 Å². The fourth-order valence-corrected chi connectivity index (χ4v) is 4.51. The summed E-state index contributed by atoms with van der Waals surface area (Å²) in [7, 11) is 0. The highest BCUT2D eigenvalue weighted by atomic mass is 35.5. The number of aryl methyl sites for hydroxylation is 1. The van der Waals surface area contributed by atoms with Crippen molar-refractivity contribution in [2.45, 2.75) is 19.1 Å². The zero-order valence-corrected chi connectivity index (χ0v) is 17.0. The van der Waals surface area contributed by atoms with Crippen molar-refractivity contribution in [2.24, 2.45) is 5.92 Å². The second-order valence-electron chi connectivity index (χ2n) is 7.53. The number of fused-ring (bicyclic) bond motifs is 1. The van der Waals surface area contributed by atoms with Crippen molar-refractivity contribution < 1.29 is 14.4 Å². The van der Waals surface area contributed by atoms with Gasteiger partial charge in [0.15, 0.2) is 6.10 Å². The second-order valence-corrected chi connectivity index (χ2v) is 7.94. The normalized spacial score (nSPS) is 23.2. The largest absolute Gasteiger partial charge is 0.273 e. The lowest BCUT2D eigenvalue weighted by atomic mass is 9.90. The molecular formula is C24H19ClN2O3. The van der Waals surface area contributed by atoms with Crippen LogP contribution < -0.4 is 9.96 Å². The van der Waals surface area contributed by atoms with E-state index in [4.69, 9.17) is 16.4 Å². The number of benzene rings is 3. The van der Waals surface area contributed by atoms with Gasteiger partial charge in [0, 0.05) is 5.02 Å². The van der Waals surface area contributed by atoms with Gasteiger partial charge in [-0.15, -0.1) is 0 Å². The van der Waals surface area contributed by atoms with E-state index in [-0.39, 0.29) is 11.8 Å². The van der Waals surface area contributed by atoms with Crippen LogP contribution in [0.1, 0.15) is 17.2 Å². The van der Waals surface area contributed by atoms with Crippen LogP contribution in [0.15, 0.2) is 78.9 Å². The zero-order chi connectivity index (χ0) is 20.8. The molecule has 3 aromatic carbocycles.